The van der Waals surface area contributed by atoms with Crippen LogP contribution in [0.4, 0.5) is 4.79 Å². The third-order valence-electron chi connectivity index (χ3n) is 3.88. The van der Waals surface area contributed by atoms with E-state index >= 15 is 0 Å². The molecule has 27 heavy (non-hydrogen) atoms. The number of hydrogen-bond acceptors (Lipinski definition) is 6. The topological polar surface area (TPSA) is 169 Å². The summed E-state index contributed by atoms with van der Waals surface area (Å²) in [6.07, 6.45) is 1.23. The van der Waals surface area contributed by atoms with Gasteiger partial charge >= 0.3 is 18.0 Å². The molecule has 1 aromatic rings. The highest BCUT2D eigenvalue weighted by atomic mass is 79.9. The summed E-state index contributed by atoms with van der Waals surface area (Å²) >= 11 is 3.26. The van der Waals surface area contributed by atoms with Crippen molar-refractivity contribution in [2.75, 3.05) is 0 Å². The Balaban J connectivity index is 0.000000279. The summed E-state index contributed by atoms with van der Waals surface area (Å²) in [5.74, 6) is -3.02. The molecule has 0 unspecified atom stereocenters. The lowest BCUT2D eigenvalue weighted by molar-refractivity contribution is -0.122. The van der Waals surface area contributed by atoms with Crippen LogP contribution >= 0.6 is 15.9 Å². The smallest absolute Gasteiger partial charge is 0.355 e. The van der Waals surface area contributed by atoms with Crippen molar-refractivity contribution in [3.63, 3.8) is 0 Å². The number of nitrogens with zero attached hydrogens (tertiary/aromatic N) is 1. The Morgan fingerprint density at radius 1 is 1.22 bits per heavy atom. The molecule has 0 aromatic carbocycles. The number of aromatic carboxylic acids is 2. The number of hydrogen-bond donors (Lipinski definition) is 4. The number of imide groups is 1. The number of aromatic nitrogens is 1. The standard InChI is InChI=1S/C9H7NO5.C7H13BrN2O2/c11-8(12)5-1-4-2-15-3-6(4)10-7(5)9(13)14;1-3-7(8,4-2)5(11)10-6(9)12/h1H,2-3H2,(H,11,12)(H,13,14);3-4H2,1-2H3,(H3,9,10,11,12). The molecule has 0 spiro atoms. The Kier molecular flexibility index (Phi) is 7.85. The molecule has 2 rings (SSSR count). The number of pyridine rings is 1. The zero-order chi connectivity index (χ0) is 20.8. The number of rotatable bonds is 5. The van der Waals surface area contributed by atoms with Crippen molar-refractivity contribution in [1.29, 1.82) is 0 Å². The van der Waals surface area contributed by atoms with Gasteiger partial charge in [0.15, 0.2) is 5.69 Å². The molecule has 0 aliphatic carbocycles. The number of nitrogens with two attached hydrogens (primary N) is 1. The van der Waals surface area contributed by atoms with Gasteiger partial charge in [0.1, 0.15) is 4.32 Å². The maximum Gasteiger partial charge on any atom is 0.355 e. The van der Waals surface area contributed by atoms with E-state index in [1.807, 2.05) is 19.2 Å². The van der Waals surface area contributed by atoms with Crippen molar-refractivity contribution in [3.05, 3.63) is 28.6 Å². The van der Waals surface area contributed by atoms with E-state index in [2.05, 4.69) is 20.9 Å². The van der Waals surface area contributed by atoms with Crippen LogP contribution in [0, 0.1) is 0 Å². The average molecular weight is 446 g/mol. The monoisotopic (exact) mass is 445 g/mol. The summed E-state index contributed by atoms with van der Waals surface area (Å²) < 4.78 is 4.37. The lowest BCUT2D eigenvalue weighted by Crippen LogP contribution is -2.46. The van der Waals surface area contributed by atoms with Crippen LogP contribution in [0.1, 0.15) is 58.8 Å². The van der Waals surface area contributed by atoms with Gasteiger partial charge in [0.05, 0.1) is 24.5 Å². The molecular formula is C16H20BrN3O7. The molecular weight excluding hydrogens is 426 g/mol. The number of amides is 3. The van der Waals surface area contributed by atoms with Gasteiger partial charge in [0, 0.05) is 5.56 Å². The zero-order valence-corrected chi connectivity index (χ0v) is 16.3. The number of ether oxygens (including phenoxy) is 1. The molecule has 0 bridgehead atoms. The predicted molar refractivity (Wildman–Crippen MR) is 96.6 cm³/mol. The maximum atomic E-state index is 11.3. The molecule has 1 aliphatic heterocycles. The number of halogens is 1. The minimum Gasteiger partial charge on any atom is -0.478 e. The first-order valence-electron chi connectivity index (χ1n) is 7.92. The van der Waals surface area contributed by atoms with Crippen LogP contribution in [0.5, 0.6) is 0 Å². The Bertz CT molecular complexity index is 722. The van der Waals surface area contributed by atoms with E-state index in [9.17, 15) is 19.2 Å². The summed E-state index contributed by atoms with van der Waals surface area (Å²) in [5.41, 5.74) is 5.20. The van der Waals surface area contributed by atoms with E-state index in [4.69, 9.17) is 20.7 Å². The first kappa shape index (κ1) is 22.5. The predicted octanol–water partition coefficient (Wildman–Crippen LogP) is 1.64. The van der Waals surface area contributed by atoms with Gasteiger partial charge in [-0.25, -0.2) is 19.4 Å². The molecule has 3 amide bonds. The summed E-state index contributed by atoms with van der Waals surface area (Å²) in [7, 11) is 0. The van der Waals surface area contributed by atoms with Crippen LogP contribution in [0.15, 0.2) is 6.07 Å². The highest BCUT2D eigenvalue weighted by Crippen LogP contribution is 2.26. The van der Waals surface area contributed by atoms with Crippen molar-refractivity contribution in [2.45, 2.75) is 44.2 Å². The third-order valence-corrected chi connectivity index (χ3v) is 5.37. The molecule has 2 heterocycles. The molecule has 0 atom stereocenters. The van der Waals surface area contributed by atoms with Gasteiger partial charge in [-0.15, -0.1) is 0 Å². The van der Waals surface area contributed by atoms with Gasteiger partial charge in [0.25, 0.3) is 0 Å². The normalized spacial score (nSPS) is 12.4. The number of carboxylic acid groups (broad SMARTS) is 2. The molecule has 1 aromatic heterocycles. The van der Waals surface area contributed by atoms with Crippen molar-refractivity contribution in [1.82, 2.24) is 10.3 Å². The number of carbonyl (C=O) groups is 4. The Labute approximate surface area is 163 Å². The molecule has 148 valence electrons. The van der Waals surface area contributed by atoms with Gasteiger partial charge < -0.3 is 20.7 Å². The van der Waals surface area contributed by atoms with Crippen molar-refractivity contribution in [3.8, 4) is 0 Å². The second kappa shape index (κ2) is 9.42. The highest BCUT2D eigenvalue weighted by Gasteiger charge is 2.32. The number of carbonyl (C=O) groups excluding carboxylic acids is 2. The number of alkyl halides is 1. The van der Waals surface area contributed by atoms with Crippen LogP contribution in [0.2, 0.25) is 0 Å². The lowest BCUT2D eigenvalue weighted by Gasteiger charge is -2.21. The summed E-state index contributed by atoms with van der Waals surface area (Å²) in [4.78, 5) is 46.9. The fraction of sp³-hybridized carbons (Fsp3) is 0.438. The van der Waals surface area contributed by atoms with Crippen LogP contribution in [-0.4, -0.2) is 43.4 Å². The van der Waals surface area contributed by atoms with E-state index in [1.54, 1.807) is 0 Å². The molecule has 0 radical (unpaired) electrons. The third kappa shape index (κ3) is 5.73. The number of carboxylic acids is 2. The van der Waals surface area contributed by atoms with Crippen LogP contribution in [-0.2, 0) is 22.7 Å². The molecule has 0 fully saturated rings. The largest absolute Gasteiger partial charge is 0.478 e. The lowest BCUT2D eigenvalue weighted by atomic mass is 10.0. The second-order valence-electron chi connectivity index (χ2n) is 5.58. The van der Waals surface area contributed by atoms with Gasteiger partial charge in [-0.1, -0.05) is 29.8 Å². The van der Waals surface area contributed by atoms with Crippen LogP contribution < -0.4 is 11.1 Å². The van der Waals surface area contributed by atoms with Crippen molar-refractivity contribution >= 4 is 39.8 Å². The highest BCUT2D eigenvalue weighted by molar-refractivity contribution is 9.10. The first-order chi connectivity index (χ1) is 12.6. The molecule has 0 saturated heterocycles. The number of fused-ring (bicyclic) bond motifs is 1. The molecule has 11 heteroatoms. The maximum absolute atomic E-state index is 11.3. The summed E-state index contributed by atoms with van der Waals surface area (Å²) in [6.45, 7) is 4.23. The SMILES string of the molecule is CCC(Br)(CC)C(=O)NC(N)=O.O=C(O)c1cc2c(nc1C(=O)O)COC2. The second-order valence-corrected chi connectivity index (χ2v) is 7.10. The van der Waals surface area contributed by atoms with Gasteiger partial charge in [-0.05, 0) is 18.9 Å². The zero-order valence-electron chi connectivity index (χ0n) is 14.7. The summed E-state index contributed by atoms with van der Waals surface area (Å²) in [6, 6.07) is 0.493. The summed E-state index contributed by atoms with van der Waals surface area (Å²) in [5, 5.41) is 19.6. The number of primary amides is 1. The van der Waals surface area contributed by atoms with Crippen molar-refractivity contribution < 1.29 is 34.1 Å². The Morgan fingerprint density at radius 2 is 1.81 bits per heavy atom. The molecule has 0 saturated carbocycles. The van der Waals surface area contributed by atoms with E-state index in [1.165, 1.54) is 6.07 Å². The number of nitrogens with one attached hydrogen (secondary N) is 1. The van der Waals surface area contributed by atoms with Gasteiger partial charge in [-0.3, -0.25) is 10.1 Å². The average Bonchev–Trinajstić information content (AvgIpc) is 3.07. The Hall–Kier alpha value is -2.53. The number of urea groups is 1. The van der Waals surface area contributed by atoms with Crippen LogP contribution in [0.25, 0.3) is 0 Å². The minimum absolute atomic E-state index is 0.232. The van der Waals surface area contributed by atoms with E-state index in [-0.39, 0.29) is 24.7 Å². The Morgan fingerprint density at radius 3 is 2.26 bits per heavy atom. The molecule has 1 aliphatic rings. The van der Waals surface area contributed by atoms with Gasteiger partial charge in [-0.2, -0.15) is 0 Å². The van der Waals surface area contributed by atoms with Crippen molar-refractivity contribution in [2.24, 2.45) is 5.73 Å². The quantitative estimate of drug-likeness (QED) is 0.495. The molecule has 5 N–H and O–H groups in total. The first-order valence-corrected chi connectivity index (χ1v) is 8.71. The van der Waals surface area contributed by atoms with E-state index in [0.29, 0.717) is 24.1 Å². The minimum atomic E-state index is -1.35. The van der Waals surface area contributed by atoms with E-state index in [0.717, 1.165) is 0 Å². The van der Waals surface area contributed by atoms with E-state index < -0.39 is 28.0 Å². The fourth-order valence-corrected chi connectivity index (χ4v) is 2.32. The van der Waals surface area contributed by atoms with Crippen LogP contribution in [0.3, 0.4) is 0 Å². The van der Waals surface area contributed by atoms with Gasteiger partial charge in [0.2, 0.25) is 5.91 Å². The fourth-order valence-electron chi connectivity index (χ4n) is 2.22. The molecule has 10 nitrogen and oxygen atoms in total.